The molecule has 1 aliphatic rings. The van der Waals surface area contributed by atoms with E-state index in [1.54, 1.807) is 18.2 Å². The summed E-state index contributed by atoms with van der Waals surface area (Å²) in [7, 11) is 1.24. The van der Waals surface area contributed by atoms with Gasteiger partial charge in [-0.15, -0.1) is 0 Å². The Morgan fingerprint density at radius 2 is 1.76 bits per heavy atom. The lowest BCUT2D eigenvalue weighted by Crippen LogP contribution is -2.40. The number of fused-ring (bicyclic) bond motifs is 1. The number of carbonyl (C=O) groups is 1. The molecule has 2 nitrogen and oxygen atoms in total. The van der Waals surface area contributed by atoms with Gasteiger partial charge in [-0.25, -0.2) is 0 Å². The third-order valence-corrected chi connectivity index (χ3v) is 4.88. The maximum absolute atomic E-state index is 13.6. The van der Waals surface area contributed by atoms with Gasteiger partial charge in [-0.05, 0) is 35.4 Å². The van der Waals surface area contributed by atoms with E-state index in [9.17, 15) is 18.0 Å². The number of rotatable bonds is 4. The zero-order chi connectivity index (χ0) is 18.0. The molecule has 2 unspecified atom stereocenters. The smallest absolute Gasteiger partial charge is 0.330 e. The van der Waals surface area contributed by atoms with E-state index in [0.29, 0.717) is 0 Å². The monoisotopic (exact) mass is 347 g/mol. The predicted molar refractivity (Wildman–Crippen MR) is 90.1 cm³/mol. The van der Waals surface area contributed by atoms with Gasteiger partial charge in [0, 0.05) is 13.5 Å². The number of hydrogen-bond donors (Lipinski definition) is 0. The summed E-state index contributed by atoms with van der Waals surface area (Å²) in [6, 6.07) is 13.5. The van der Waals surface area contributed by atoms with Gasteiger partial charge >= 0.3 is 6.18 Å². The molecule has 2 atom stereocenters. The van der Waals surface area contributed by atoms with E-state index in [1.807, 2.05) is 24.3 Å². The number of aryl methyl sites for hydroxylation is 1. The van der Waals surface area contributed by atoms with Crippen LogP contribution < -0.4 is 0 Å². The van der Waals surface area contributed by atoms with Crippen LogP contribution >= 0.6 is 0 Å². The molecule has 0 aromatic heterocycles. The van der Waals surface area contributed by atoms with Crippen LogP contribution in [0.3, 0.4) is 0 Å². The predicted octanol–water partition coefficient (Wildman–Crippen LogP) is 4.87. The third kappa shape index (κ3) is 3.70. The zero-order valence-corrected chi connectivity index (χ0v) is 14.0. The van der Waals surface area contributed by atoms with Gasteiger partial charge in [-0.3, -0.25) is 4.79 Å². The molecule has 0 N–H and O–H groups in total. The maximum Gasteiger partial charge on any atom is 0.413 e. The van der Waals surface area contributed by atoms with Crippen LogP contribution in [0.1, 0.15) is 41.5 Å². The van der Waals surface area contributed by atoms with Gasteiger partial charge in [-0.1, -0.05) is 54.6 Å². The summed E-state index contributed by atoms with van der Waals surface area (Å²) in [6.07, 6.45) is -2.73. The van der Waals surface area contributed by atoms with E-state index >= 15 is 0 Å². The first-order valence-corrected chi connectivity index (χ1v) is 8.33. The average Bonchev–Trinajstić information content (AvgIpc) is 2.98. The number of halogens is 3. The first-order valence-electron chi connectivity index (χ1n) is 8.33. The number of nitrogens with zero attached hydrogens (tertiary/aromatic N) is 1. The molecule has 0 fully saturated rings. The van der Waals surface area contributed by atoms with Gasteiger partial charge < -0.3 is 4.90 Å². The highest BCUT2D eigenvalue weighted by Gasteiger charge is 2.45. The first kappa shape index (κ1) is 17.5. The summed E-state index contributed by atoms with van der Waals surface area (Å²) < 4.78 is 40.7. The van der Waals surface area contributed by atoms with Crippen molar-refractivity contribution in [1.82, 2.24) is 4.90 Å². The fraction of sp³-hybridized carbons (Fsp3) is 0.350. The van der Waals surface area contributed by atoms with Crippen LogP contribution in [0.5, 0.6) is 0 Å². The molecule has 0 saturated carbocycles. The summed E-state index contributed by atoms with van der Waals surface area (Å²) in [5.74, 6) is -0.483. The Hall–Kier alpha value is -2.30. The van der Waals surface area contributed by atoms with Crippen LogP contribution in [0, 0.1) is 0 Å². The minimum atomic E-state index is -4.51. The largest absolute Gasteiger partial charge is 0.413 e. The lowest BCUT2D eigenvalue weighted by molar-refractivity contribution is -0.189. The first-order chi connectivity index (χ1) is 11.9. The SMILES string of the molecule is CN(C(=O)CC1CCc2ccccc21)C(c1ccccc1)C(F)(F)F. The highest BCUT2D eigenvalue weighted by molar-refractivity contribution is 5.77. The molecular formula is C20H20F3NO. The Kier molecular flexibility index (Phi) is 4.84. The molecule has 2 aromatic carbocycles. The standard InChI is InChI=1S/C20H20F3NO/c1-24(19(20(21,22)23)15-8-3-2-4-9-15)18(25)13-16-12-11-14-7-5-6-10-17(14)16/h2-10,16,19H,11-13H2,1H3. The number of benzene rings is 2. The summed E-state index contributed by atoms with van der Waals surface area (Å²) in [5.41, 5.74) is 2.36. The van der Waals surface area contributed by atoms with E-state index in [4.69, 9.17) is 0 Å². The Morgan fingerprint density at radius 1 is 1.12 bits per heavy atom. The van der Waals surface area contributed by atoms with Crippen LogP contribution in [0.2, 0.25) is 0 Å². The number of carbonyl (C=O) groups excluding carboxylic acids is 1. The van der Waals surface area contributed by atoms with E-state index in [2.05, 4.69) is 0 Å². The quantitative estimate of drug-likeness (QED) is 0.773. The van der Waals surface area contributed by atoms with Gasteiger partial charge in [0.15, 0.2) is 6.04 Å². The summed E-state index contributed by atoms with van der Waals surface area (Å²) in [6.45, 7) is 0. The van der Waals surface area contributed by atoms with Gasteiger partial charge in [-0.2, -0.15) is 13.2 Å². The Balaban J connectivity index is 1.79. The van der Waals surface area contributed by atoms with Gasteiger partial charge in [0.2, 0.25) is 5.91 Å². The molecule has 0 aliphatic heterocycles. The minimum absolute atomic E-state index is 0.00388. The molecule has 2 aromatic rings. The van der Waals surface area contributed by atoms with Crippen LogP contribution in [-0.4, -0.2) is 24.0 Å². The van der Waals surface area contributed by atoms with Crippen molar-refractivity contribution in [3.63, 3.8) is 0 Å². The van der Waals surface area contributed by atoms with E-state index in [0.717, 1.165) is 23.3 Å². The molecule has 0 saturated heterocycles. The number of hydrogen-bond acceptors (Lipinski definition) is 1. The van der Waals surface area contributed by atoms with Crippen molar-refractivity contribution >= 4 is 5.91 Å². The Morgan fingerprint density at radius 3 is 2.44 bits per heavy atom. The third-order valence-electron chi connectivity index (χ3n) is 4.88. The Labute approximate surface area is 145 Å². The van der Waals surface area contributed by atoms with Crippen molar-refractivity contribution in [1.29, 1.82) is 0 Å². The van der Waals surface area contributed by atoms with Crippen molar-refractivity contribution in [2.45, 2.75) is 37.4 Å². The van der Waals surface area contributed by atoms with Crippen molar-refractivity contribution in [2.75, 3.05) is 7.05 Å². The molecular weight excluding hydrogens is 327 g/mol. The zero-order valence-electron chi connectivity index (χ0n) is 14.0. The van der Waals surface area contributed by atoms with Crippen molar-refractivity contribution in [2.24, 2.45) is 0 Å². The fourth-order valence-electron chi connectivity index (χ4n) is 3.62. The second-order valence-corrected chi connectivity index (χ2v) is 6.50. The molecule has 1 aliphatic carbocycles. The van der Waals surface area contributed by atoms with Crippen molar-refractivity contribution in [3.05, 3.63) is 71.3 Å². The van der Waals surface area contributed by atoms with E-state index in [-0.39, 0.29) is 17.9 Å². The van der Waals surface area contributed by atoms with Gasteiger partial charge in [0.25, 0.3) is 0 Å². The van der Waals surface area contributed by atoms with E-state index < -0.39 is 18.1 Å². The molecule has 1 amide bonds. The molecule has 0 spiro atoms. The van der Waals surface area contributed by atoms with Crippen LogP contribution in [0.15, 0.2) is 54.6 Å². The topological polar surface area (TPSA) is 20.3 Å². The summed E-state index contributed by atoms with van der Waals surface area (Å²) in [4.78, 5) is 13.4. The normalized spacial score (nSPS) is 17.8. The molecule has 132 valence electrons. The summed E-state index contributed by atoms with van der Waals surface area (Å²) in [5, 5.41) is 0. The molecule has 5 heteroatoms. The lowest BCUT2D eigenvalue weighted by atomic mass is 9.96. The number of alkyl halides is 3. The number of amides is 1. The maximum atomic E-state index is 13.6. The second-order valence-electron chi connectivity index (χ2n) is 6.50. The lowest BCUT2D eigenvalue weighted by Gasteiger charge is -2.31. The van der Waals surface area contributed by atoms with Gasteiger partial charge in [0.05, 0.1) is 0 Å². The molecule has 0 bridgehead atoms. The molecule has 3 rings (SSSR count). The highest BCUT2D eigenvalue weighted by Crippen LogP contribution is 2.39. The van der Waals surface area contributed by atoms with Crippen molar-refractivity contribution < 1.29 is 18.0 Å². The Bertz CT molecular complexity index is 742. The van der Waals surface area contributed by atoms with Crippen LogP contribution in [0.4, 0.5) is 13.2 Å². The summed E-state index contributed by atoms with van der Waals surface area (Å²) >= 11 is 0. The van der Waals surface area contributed by atoms with Crippen LogP contribution in [-0.2, 0) is 11.2 Å². The van der Waals surface area contributed by atoms with Crippen LogP contribution in [0.25, 0.3) is 0 Å². The average molecular weight is 347 g/mol. The molecule has 25 heavy (non-hydrogen) atoms. The fourth-order valence-corrected chi connectivity index (χ4v) is 3.62. The molecule has 0 radical (unpaired) electrons. The second kappa shape index (κ2) is 6.90. The van der Waals surface area contributed by atoms with Crippen molar-refractivity contribution in [3.8, 4) is 0 Å². The highest BCUT2D eigenvalue weighted by atomic mass is 19.4. The minimum Gasteiger partial charge on any atom is -0.330 e. The molecule has 0 heterocycles. The van der Waals surface area contributed by atoms with E-state index in [1.165, 1.54) is 24.7 Å². The van der Waals surface area contributed by atoms with Gasteiger partial charge in [0.1, 0.15) is 0 Å².